The maximum absolute atomic E-state index is 11.7. The minimum atomic E-state index is 0.0556. The zero-order valence-electron chi connectivity index (χ0n) is 13.3. The first-order valence-corrected chi connectivity index (χ1v) is 7.59. The summed E-state index contributed by atoms with van der Waals surface area (Å²) in [7, 11) is 5.29. The van der Waals surface area contributed by atoms with E-state index in [4.69, 9.17) is 4.74 Å². The van der Waals surface area contributed by atoms with Gasteiger partial charge in [0.25, 0.3) is 0 Å². The van der Waals surface area contributed by atoms with Crippen LogP contribution >= 0.6 is 0 Å². The van der Waals surface area contributed by atoms with Crippen molar-refractivity contribution in [2.45, 2.75) is 12.5 Å². The van der Waals surface area contributed by atoms with E-state index in [1.54, 1.807) is 26.0 Å². The number of rotatable bonds is 3. The number of hydrogen-bond donors (Lipinski definition) is 1. The Hall–Kier alpha value is -1.34. The molecule has 0 saturated carbocycles. The Labute approximate surface area is 126 Å². The predicted molar refractivity (Wildman–Crippen MR) is 82.4 cm³/mol. The highest BCUT2D eigenvalue weighted by Gasteiger charge is 2.30. The molecule has 2 fully saturated rings. The van der Waals surface area contributed by atoms with E-state index >= 15 is 0 Å². The van der Waals surface area contributed by atoms with E-state index in [0.29, 0.717) is 12.6 Å². The van der Waals surface area contributed by atoms with Gasteiger partial charge in [-0.05, 0) is 6.42 Å². The average Bonchev–Trinajstić information content (AvgIpc) is 2.98. The van der Waals surface area contributed by atoms with Gasteiger partial charge in [-0.25, -0.2) is 0 Å². The molecule has 1 amide bonds. The fourth-order valence-electron chi connectivity index (χ4n) is 2.82. The molecule has 1 unspecified atom stereocenters. The Bertz CT molecular complexity index is 380. The summed E-state index contributed by atoms with van der Waals surface area (Å²) < 4.78 is 5.41. The van der Waals surface area contributed by atoms with Crippen LogP contribution in [0.3, 0.4) is 0 Å². The number of carbonyl (C=O) groups excluding carboxylic acids is 1. The van der Waals surface area contributed by atoms with Crippen molar-refractivity contribution in [2.24, 2.45) is 4.99 Å². The molecule has 1 atom stereocenters. The Balaban J connectivity index is 1.82. The van der Waals surface area contributed by atoms with Gasteiger partial charge >= 0.3 is 0 Å². The number of likely N-dealkylation sites (tertiary alicyclic amines) is 1. The van der Waals surface area contributed by atoms with Crippen LogP contribution in [0, 0.1) is 0 Å². The van der Waals surface area contributed by atoms with Gasteiger partial charge in [0, 0.05) is 53.4 Å². The molecule has 0 bridgehead atoms. The number of carbonyl (C=O) groups is 1. The summed E-state index contributed by atoms with van der Waals surface area (Å²) in [6.07, 6.45) is 1.14. The zero-order chi connectivity index (χ0) is 15.2. The highest BCUT2D eigenvalue weighted by atomic mass is 16.5. The van der Waals surface area contributed by atoms with Gasteiger partial charge in [-0.1, -0.05) is 0 Å². The van der Waals surface area contributed by atoms with Crippen LogP contribution in [0.5, 0.6) is 0 Å². The number of guanidine groups is 1. The standard InChI is InChI=1S/C14H27N5O2/c1-15-14(16-10-13(20)17(2)3)19-5-4-12(11-19)18-6-8-21-9-7-18/h12H,4-11H2,1-3H3,(H,15,16). The van der Waals surface area contributed by atoms with Crippen LogP contribution in [-0.4, -0.2) is 99.7 Å². The predicted octanol–water partition coefficient (Wildman–Crippen LogP) is -0.943. The summed E-state index contributed by atoms with van der Waals surface area (Å²) in [4.78, 5) is 22.3. The van der Waals surface area contributed by atoms with E-state index in [2.05, 4.69) is 20.1 Å². The van der Waals surface area contributed by atoms with Crippen molar-refractivity contribution in [3.63, 3.8) is 0 Å². The smallest absolute Gasteiger partial charge is 0.241 e. The molecule has 1 N–H and O–H groups in total. The van der Waals surface area contributed by atoms with Crippen LogP contribution in [0.4, 0.5) is 0 Å². The molecule has 2 saturated heterocycles. The number of ether oxygens (including phenoxy) is 1. The molecule has 2 aliphatic rings. The van der Waals surface area contributed by atoms with Crippen molar-refractivity contribution < 1.29 is 9.53 Å². The van der Waals surface area contributed by atoms with Gasteiger partial charge in [-0.3, -0.25) is 14.7 Å². The molecule has 0 aromatic carbocycles. The van der Waals surface area contributed by atoms with Crippen LogP contribution in [0.25, 0.3) is 0 Å². The lowest BCUT2D eigenvalue weighted by molar-refractivity contribution is -0.127. The number of aliphatic imine (C=N–C) groups is 1. The van der Waals surface area contributed by atoms with Gasteiger partial charge in [0.1, 0.15) is 0 Å². The molecule has 120 valence electrons. The lowest BCUT2D eigenvalue weighted by Gasteiger charge is -2.32. The molecule has 2 rings (SSSR count). The molecular formula is C14H27N5O2. The zero-order valence-corrected chi connectivity index (χ0v) is 13.3. The average molecular weight is 297 g/mol. The summed E-state index contributed by atoms with van der Waals surface area (Å²) in [5.41, 5.74) is 0. The lowest BCUT2D eigenvalue weighted by Crippen LogP contribution is -2.47. The first-order valence-electron chi connectivity index (χ1n) is 7.59. The first-order chi connectivity index (χ1) is 10.1. The van der Waals surface area contributed by atoms with Gasteiger partial charge in [-0.2, -0.15) is 0 Å². The monoisotopic (exact) mass is 297 g/mol. The molecule has 21 heavy (non-hydrogen) atoms. The summed E-state index contributed by atoms with van der Waals surface area (Å²) in [5.74, 6) is 0.876. The largest absolute Gasteiger partial charge is 0.379 e. The quantitative estimate of drug-likeness (QED) is 0.538. The van der Waals surface area contributed by atoms with Crippen molar-refractivity contribution >= 4 is 11.9 Å². The molecule has 0 aromatic rings. The maximum Gasteiger partial charge on any atom is 0.241 e. The minimum Gasteiger partial charge on any atom is -0.379 e. The number of morpholine rings is 1. The van der Waals surface area contributed by atoms with Gasteiger partial charge in [-0.15, -0.1) is 0 Å². The third-order valence-corrected chi connectivity index (χ3v) is 4.13. The van der Waals surface area contributed by atoms with Crippen LogP contribution < -0.4 is 5.32 Å². The van der Waals surface area contributed by atoms with E-state index in [-0.39, 0.29) is 5.91 Å². The highest BCUT2D eigenvalue weighted by Crippen LogP contribution is 2.16. The van der Waals surface area contributed by atoms with E-state index in [1.807, 2.05) is 0 Å². The first kappa shape index (κ1) is 16.0. The summed E-state index contributed by atoms with van der Waals surface area (Å²) in [6.45, 7) is 5.95. The lowest BCUT2D eigenvalue weighted by atomic mass is 10.2. The number of nitrogens with one attached hydrogen (secondary N) is 1. The molecule has 0 aliphatic carbocycles. The second kappa shape index (κ2) is 7.61. The number of amides is 1. The Kier molecular flexibility index (Phi) is 5.81. The molecule has 2 heterocycles. The summed E-state index contributed by atoms with van der Waals surface area (Å²) >= 11 is 0. The molecule has 7 heteroatoms. The van der Waals surface area contributed by atoms with Crippen molar-refractivity contribution in [1.29, 1.82) is 0 Å². The van der Waals surface area contributed by atoms with Gasteiger partial charge in [0.05, 0.1) is 19.8 Å². The van der Waals surface area contributed by atoms with Crippen molar-refractivity contribution in [3.8, 4) is 0 Å². The molecule has 0 radical (unpaired) electrons. The SMILES string of the molecule is CN=C(NCC(=O)N(C)C)N1CCC(N2CCOCC2)C1. The van der Waals surface area contributed by atoms with Crippen molar-refractivity contribution in [2.75, 3.05) is 67.1 Å². The molecule has 2 aliphatic heterocycles. The fraction of sp³-hybridized carbons (Fsp3) is 0.857. The number of likely N-dealkylation sites (N-methyl/N-ethyl adjacent to an activating group) is 1. The minimum absolute atomic E-state index is 0.0556. The van der Waals surface area contributed by atoms with E-state index < -0.39 is 0 Å². The van der Waals surface area contributed by atoms with Crippen LogP contribution in [0.1, 0.15) is 6.42 Å². The molecule has 0 aromatic heterocycles. The highest BCUT2D eigenvalue weighted by molar-refractivity contribution is 5.86. The normalized spacial score (nSPS) is 24.2. The van der Waals surface area contributed by atoms with E-state index in [9.17, 15) is 4.79 Å². The van der Waals surface area contributed by atoms with Crippen LogP contribution in [0.15, 0.2) is 4.99 Å². The number of hydrogen-bond acceptors (Lipinski definition) is 4. The van der Waals surface area contributed by atoms with E-state index in [0.717, 1.165) is 51.8 Å². The Morgan fingerprint density at radius 3 is 2.67 bits per heavy atom. The van der Waals surface area contributed by atoms with Crippen LogP contribution in [-0.2, 0) is 9.53 Å². The molecular weight excluding hydrogens is 270 g/mol. The van der Waals surface area contributed by atoms with Crippen LogP contribution in [0.2, 0.25) is 0 Å². The van der Waals surface area contributed by atoms with Gasteiger partial charge in [0.15, 0.2) is 5.96 Å². The van der Waals surface area contributed by atoms with Gasteiger partial charge in [0.2, 0.25) is 5.91 Å². The Morgan fingerprint density at radius 2 is 2.05 bits per heavy atom. The molecule has 7 nitrogen and oxygen atoms in total. The second-order valence-electron chi connectivity index (χ2n) is 5.73. The third-order valence-electron chi connectivity index (χ3n) is 4.13. The second-order valence-corrected chi connectivity index (χ2v) is 5.73. The third kappa shape index (κ3) is 4.31. The maximum atomic E-state index is 11.7. The summed E-state index contributed by atoms with van der Waals surface area (Å²) in [5, 5.41) is 3.16. The Morgan fingerprint density at radius 1 is 1.33 bits per heavy atom. The fourth-order valence-corrected chi connectivity index (χ4v) is 2.82. The van der Waals surface area contributed by atoms with Crippen molar-refractivity contribution in [3.05, 3.63) is 0 Å². The van der Waals surface area contributed by atoms with Crippen molar-refractivity contribution in [1.82, 2.24) is 20.0 Å². The number of nitrogens with zero attached hydrogens (tertiary/aromatic N) is 4. The molecule has 0 spiro atoms. The topological polar surface area (TPSA) is 60.4 Å². The summed E-state index contributed by atoms with van der Waals surface area (Å²) in [6, 6.07) is 0.567. The van der Waals surface area contributed by atoms with E-state index in [1.165, 1.54) is 0 Å². The van der Waals surface area contributed by atoms with Gasteiger partial charge < -0.3 is 19.9 Å².